The molecule has 0 aromatic heterocycles. The Kier molecular flexibility index (Phi) is 5.85. The molecule has 0 spiro atoms. The first-order valence-electron chi connectivity index (χ1n) is 7.82. The van der Waals surface area contributed by atoms with Gasteiger partial charge in [-0.2, -0.15) is 0 Å². The SMILES string of the molecule is CC#CC(=O)N1CCN(Cc2ccccc2OCC)CC1C. The molecule has 1 atom stereocenters. The number of rotatable bonds is 4. The topological polar surface area (TPSA) is 32.8 Å². The van der Waals surface area contributed by atoms with Crippen molar-refractivity contribution in [3.8, 4) is 17.6 Å². The Labute approximate surface area is 133 Å². The molecule has 0 aliphatic carbocycles. The Bertz CT molecular complexity index is 574. The van der Waals surface area contributed by atoms with E-state index < -0.39 is 0 Å². The summed E-state index contributed by atoms with van der Waals surface area (Å²) in [5.41, 5.74) is 1.20. The van der Waals surface area contributed by atoms with Crippen molar-refractivity contribution in [2.45, 2.75) is 33.4 Å². The monoisotopic (exact) mass is 300 g/mol. The Morgan fingerprint density at radius 2 is 2.14 bits per heavy atom. The molecular formula is C18H24N2O2. The van der Waals surface area contributed by atoms with Crippen LogP contribution in [0.15, 0.2) is 24.3 Å². The molecule has 1 amide bonds. The van der Waals surface area contributed by atoms with Crippen LogP contribution in [-0.2, 0) is 11.3 Å². The highest BCUT2D eigenvalue weighted by Gasteiger charge is 2.26. The van der Waals surface area contributed by atoms with Gasteiger partial charge in [-0.15, -0.1) is 0 Å². The summed E-state index contributed by atoms with van der Waals surface area (Å²) in [6, 6.07) is 8.34. The quantitative estimate of drug-likeness (QED) is 0.799. The van der Waals surface area contributed by atoms with E-state index in [-0.39, 0.29) is 11.9 Å². The normalized spacial score (nSPS) is 18.5. The molecule has 1 aliphatic heterocycles. The average molecular weight is 300 g/mol. The first-order chi connectivity index (χ1) is 10.7. The fourth-order valence-electron chi connectivity index (χ4n) is 2.83. The number of hydrogen-bond acceptors (Lipinski definition) is 3. The van der Waals surface area contributed by atoms with Crippen LogP contribution >= 0.6 is 0 Å². The zero-order valence-electron chi connectivity index (χ0n) is 13.6. The number of hydrogen-bond donors (Lipinski definition) is 0. The van der Waals surface area contributed by atoms with E-state index in [1.807, 2.05) is 30.0 Å². The maximum Gasteiger partial charge on any atom is 0.298 e. The minimum atomic E-state index is -0.0654. The lowest BCUT2D eigenvalue weighted by molar-refractivity contribution is -0.129. The van der Waals surface area contributed by atoms with Crippen LogP contribution in [0.2, 0.25) is 0 Å². The van der Waals surface area contributed by atoms with Crippen LogP contribution in [0.5, 0.6) is 5.75 Å². The number of benzene rings is 1. The molecule has 4 nitrogen and oxygen atoms in total. The zero-order chi connectivity index (χ0) is 15.9. The molecule has 1 aromatic rings. The summed E-state index contributed by atoms with van der Waals surface area (Å²) in [5, 5.41) is 0. The predicted molar refractivity (Wildman–Crippen MR) is 87.5 cm³/mol. The Morgan fingerprint density at radius 1 is 1.36 bits per heavy atom. The minimum Gasteiger partial charge on any atom is -0.494 e. The lowest BCUT2D eigenvalue weighted by Crippen LogP contribution is -2.53. The third kappa shape index (κ3) is 4.02. The van der Waals surface area contributed by atoms with E-state index in [0.717, 1.165) is 31.9 Å². The minimum absolute atomic E-state index is 0.0654. The molecule has 0 N–H and O–H groups in total. The van der Waals surface area contributed by atoms with Crippen molar-refractivity contribution < 1.29 is 9.53 Å². The van der Waals surface area contributed by atoms with E-state index in [9.17, 15) is 4.79 Å². The van der Waals surface area contributed by atoms with Gasteiger partial charge in [0, 0.05) is 37.8 Å². The van der Waals surface area contributed by atoms with Crippen molar-refractivity contribution in [2.24, 2.45) is 0 Å². The molecule has 22 heavy (non-hydrogen) atoms. The van der Waals surface area contributed by atoms with Crippen molar-refractivity contribution in [1.29, 1.82) is 0 Å². The van der Waals surface area contributed by atoms with Crippen LogP contribution in [-0.4, -0.2) is 48.0 Å². The van der Waals surface area contributed by atoms with Gasteiger partial charge < -0.3 is 9.64 Å². The van der Waals surface area contributed by atoms with Crippen LogP contribution in [0, 0.1) is 11.8 Å². The van der Waals surface area contributed by atoms with E-state index in [0.29, 0.717) is 6.61 Å². The maximum absolute atomic E-state index is 11.9. The molecule has 118 valence electrons. The van der Waals surface area contributed by atoms with Crippen molar-refractivity contribution in [3.05, 3.63) is 29.8 Å². The van der Waals surface area contributed by atoms with E-state index in [4.69, 9.17) is 4.74 Å². The van der Waals surface area contributed by atoms with Crippen LogP contribution in [0.25, 0.3) is 0 Å². The van der Waals surface area contributed by atoms with Crippen molar-refractivity contribution in [3.63, 3.8) is 0 Å². The second-order valence-electron chi connectivity index (χ2n) is 5.50. The molecule has 1 unspecified atom stereocenters. The van der Waals surface area contributed by atoms with Gasteiger partial charge >= 0.3 is 0 Å². The van der Waals surface area contributed by atoms with Gasteiger partial charge in [0.2, 0.25) is 0 Å². The standard InChI is InChI=1S/C18H24N2O2/c1-4-8-18(21)20-12-11-19(13-15(20)3)14-16-9-6-7-10-17(16)22-5-2/h6-7,9-10,15H,5,11-14H2,1-3H3. The molecule has 4 heteroatoms. The summed E-state index contributed by atoms with van der Waals surface area (Å²) < 4.78 is 5.69. The second kappa shape index (κ2) is 7.86. The zero-order valence-corrected chi connectivity index (χ0v) is 13.6. The van der Waals surface area contributed by atoms with E-state index in [1.165, 1.54) is 5.56 Å². The van der Waals surface area contributed by atoms with Gasteiger partial charge in [-0.1, -0.05) is 24.1 Å². The molecule has 1 aromatic carbocycles. The Morgan fingerprint density at radius 3 is 2.82 bits per heavy atom. The summed E-state index contributed by atoms with van der Waals surface area (Å²) in [4.78, 5) is 16.2. The number of nitrogens with zero attached hydrogens (tertiary/aromatic N) is 2. The predicted octanol–water partition coefficient (Wildman–Crippen LogP) is 2.14. The molecule has 1 saturated heterocycles. The first-order valence-corrected chi connectivity index (χ1v) is 7.82. The van der Waals surface area contributed by atoms with Gasteiger partial charge in [0.05, 0.1) is 6.61 Å². The third-order valence-corrected chi connectivity index (χ3v) is 3.87. The fourth-order valence-corrected chi connectivity index (χ4v) is 2.83. The largest absolute Gasteiger partial charge is 0.494 e. The van der Waals surface area contributed by atoms with E-state index in [2.05, 4.69) is 29.7 Å². The Balaban J connectivity index is 1.99. The first kappa shape index (κ1) is 16.4. The highest BCUT2D eigenvalue weighted by atomic mass is 16.5. The molecule has 0 radical (unpaired) electrons. The lowest BCUT2D eigenvalue weighted by atomic mass is 10.1. The van der Waals surface area contributed by atoms with Gasteiger partial charge in [0.1, 0.15) is 5.75 Å². The molecule has 1 aliphatic rings. The summed E-state index contributed by atoms with van der Waals surface area (Å²) >= 11 is 0. The number of ether oxygens (including phenoxy) is 1. The number of carbonyl (C=O) groups excluding carboxylic acids is 1. The van der Waals surface area contributed by atoms with E-state index in [1.54, 1.807) is 6.92 Å². The number of piperazine rings is 1. The molecule has 2 rings (SSSR count). The summed E-state index contributed by atoms with van der Waals surface area (Å²) in [6.07, 6.45) is 0. The third-order valence-electron chi connectivity index (χ3n) is 3.87. The van der Waals surface area contributed by atoms with Gasteiger partial charge in [-0.3, -0.25) is 9.69 Å². The smallest absolute Gasteiger partial charge is 0.298 e. The van der Waals surface area contributed by atoms with Crippen molar-refractivity contribution in [1.82, 2.24) is 9.80 Å². The fraction of sp³-hybridized carbons (Fsp3) is 0.500. The average Bonchev–Trinajstić information content (AvgIpc) is 2.50. The molecule has 1 fully saturated rings. The van der Waals surface area contributed by atoms with E-state index >= 15 is 0 Å². The van der Waals surface area contributed by atoms with Crippen LogP contribution in [0.1, 0.15) is 26.3 Å². The van der Waals surface area contributed by atoms with Crippen molar-refractivity contribution >= 4 is 5.91 Å². The van der Waals surface area contributed by atoms with Gasteiger partial charge in [0.25, 0.3) is 5.91 Å². The molecule has 1 heterocycles. The van der Waals surface area contributed by atoms with Gasteiger partial charge in [-0.25, -0.2) is 0 Å². The van der Waals surface area contributed by atoms with Crippen LogP contribution in [0.4, 0.5) is 0 Å². The lowest BCUT2D eigenvalue weighted by Gasteiger charge is -2.39. The van der Waals surface area contributed by atoms with Crippen molar-refractivity contribution in [2.75, 3.05) is 26.2 Å². The maximum atomic E-state index is 11.9. The van der Waals surface area contributed by atoms with Gasteiger partial charge in [-0.05, 0) is 32.8 Å². The summed E-state index contributed by atoms with van der Waals surface area (Å²) in [6.45, 7) is 9.75. The highest BCUT2D eigenvalue weighted by Crippen LogP contribution is 2.21. The molecule has 0 saturated carbocycles. The van der Waals surface area contributed by atoms with Crippen LogP contribution in [0.3, 0.4) is 0 Å². The number of para-hydroxylation sites is 1. The van der Waals surface area contributed by atoms with Crippen LogP contribution < -0.4 is 4.74 Å². The number of carbonyl (C=O) groups is 1. The van der Waals surface area contributed by atoms with Gasteiger partial charge in [0.15, 0.2) is 0 Å². The summed E-state index contributed by atoms with van der Waals surface area (Å²) in [7, 11) is 0. The molecular weight excluding hydrogens is 276 g/mol. The highest BCUT2D eigenvalue weighted by molar-refractivity contribution is 5.93. The second-order valence-corrected chi connectivity index (χ2v) is 5.50. The molecule has 0 bridgehead atoms. The summed E-state index contributed by atoms with van der Waals surface area (Å²) in [5.74, 6) is 6.21. The Hall–Kier alpha value is -1.99. The number of amides is 1.